The van der Waals surface area contributed by atoms with Crippen LogP contribution in [0.25, 0.3) is 0 Å². The predicted molar refractivity (Wildman–Crippen MR) is 243 cm³/mol. The Morgan fingerprint density at radius 1 is 0.351 bits per heavy atom. The first kappa shape index (κ1) is 55.4. The molecule has 0 heterocycles. The van der Waals surface area contributed by atoms with Crippen molar-refractivity contribution >= 4 is 17.9 Å². The fourth-order valence-electron chi connectivity index (χ4n) is 7.55. The number of esters is 3. The van der Waals surface area contributed by atoms with E-state index in [0.717, 1.165) is 75.5 Å². The fraction of sp³-hybridized carbons (Fsp3) is 0.941. The van der Waals surface area contributed by atoms with E-state index in [1.807, 2.05) is 0 Å². The zero-order chi connectivity index (χ0) is 42.0. The normalized spacial score (nSPS) is 12.6. The average molecular weight is 807 g/mol. The van der Waals surface area contributed by atoms with E-state index < -0.39 is 6.10 Å². The van der Waals surface area contributed by atoms with E-state index in [2.05, 4.69) is 41.5 Å². The maximum absolute atomic E-state index is 12.8. The SMILES string of the molecule is CCC(C)CCCCCCCCCCC(=O)OC[C@@H](COC(=O)CCCCCCCCCCCCCCC(C)C)OC(=O)CCCCCCCCCCCC(C)C. The first-order chi connectivity index (χ1) is 27.6. The van der Waals surface area contributed by atoms with Crippen LogP contribution in [-0.4, -0.2) is 37.2 Å². The van der Waals surface area contributed by atoms with Crippen LogP contribution in [0.3, 0.4) is 0 Å². The van der Waals surface area contributed by atoms with Crippen molar-refractivity contribution in [2.45, 2.75) is 279 Å². The van der Waals surface area contributed by atoms with Gasteiger partial charge in [-0.05, 0) is 37.0 Å². The molecule has 1 unspecified atom stereocenters. The number of carbonyl (C=O) groups is 3. The Kier molecular flexibility index (Phi) is 41.3. The molecule has 0 saturated heterocycles. The summed E-state index contributed by atoms with van der Waals surface area (Å²) in [6.45, 7) is 13.7. The summed E-state index contributed by atoms with van der Waals surface area (Å²) in [5, 5.41) is 0. The molecule has 0 aromatic rings. The van der Waals surface area contributed by atoms with Crippen molar-refractivity contribution in [2.24, 2.45) is 17.8 Å². The van der Waals surface area contributed by atoms with Gasteiger partial charge in [0.2, 0.25) is 0 Å². The Bertz CT molecular complexity index is 885. The van der Waals surface area contributed by atoms with E-state index in [0.29, 0.717) is 19.3 Å². The van der Waals surface area contributed by atoms with Gasteiger partial charge in [0.1, 0.15) is 13.2 Å². The Morgan fingerprint density at radius 3 is 0.912 bits per heavy atom. The molecule has 0 saturated carbocycles. The van der Waals surface area contributed by atoms with Crippen molar-refractivity contribution in [2.75, 3.05) is 13.2 Å². The third-order valence-corrected chi connectivity index (χ3v) is 11.8. The molecule has 6 heteroatoms. The Labute approximate surface area is 355 Å². The van der Waals surface area contributed by atoms with Crippen LogP contribution in [0, 0.1) is 17.8 Å². The zero-order valence-electron chi connectivity index (χ0n) is 39.1. The molecule has 0 aromatic carbocycles. The zero-order valence-corrected chi connectivity index (χ0v) is 39.1. The third-order valence-electron chi connectivity index (χ3n) is 11.8. The molecule has 2 atom stereocenters. The quantitative estimate of drug-likeness (QED) is 0.0347. The van der Waals surface area contributed by atoms with Crippen LogP contribution in [0.2, 0.25) is 0 Å². The van der Waals surface area contributed by atoms with Crippen LogP contribution in [0.15, 0.2) is 0 Å². The smallest absolute Gasteiger partial charge is 0.306 e. The number of carbonyl (C=O) groups excluding carboxylic acids is 3. The highest BCUT2D eigenvalue weighted by Crippen LogP contribution is 2.18. The van der Waals surface area contributed by atoms with Crippen molar-refractivity contribution < 1.29 is 28.6 Å². The van der Waals surface area contributed by atoms with E-state index in [1.165, 1.54) is 154 Å². The van der Waals surface area contributed by atoms with Crippen molar-refractivity contribution in [1.29, 1.82) is 0 Å². The van der Waals surface area contributed by atoms with Crippen LogP contribution in [0.1, 0.15) is 273 Å². The van der Waals surface area contributed by atoms with E-state index >= 15 is 0 Å². The molecule has 0 aliphatic heterocycles. The maximum atomic E-state index is 12.8. The van der Waals surface area contributed by atoms with Crippen molar-refractivity contribution in [3.63, 3.8) is 0 Å². The summed E-state index contributed by atoms with van der Waals surface area (Å²) in [4.78, 5) is 37.9. The minimum Gasteiger partial charge on any atom is -0.462 e. The van der Waals surface area contributed by atoms with Gasteiger partial charge in [-0.25, -0.2) is 0 Å². The van der Waals surface area contributed by atoms with Crippen LogP contribution in [0.5, 0.6) is 0 Å². The molecule has 0 aromatic heterocycles. The number of rotatable bonds is 44. The molecule has 0 spiro atoms. The molecule has 0 rings (SSSR count). The van der Waals surface area contributed by atoms with Crippen molar-refractivity contribution in [1.82, 2.24) is 0 Å². The monoisotopic (exact) mass is 807 g/mol. The summed E-state index contributed by atoms with van der Waals surface area (Å²) in [7, 11) is 0. The van der Waals surface area contributed by atoms with E-state index in [-0.39, 0.29) is 31.1 Å². The van der Waals surface area contributed by atoms with Crippen LogP contribution < -0.4 is 0 Å². The van der Waals surface area contributed by atoms with Gasteiger partial charge < -0.3 is 14.2 Å². The lowest BCUT2D eigenvalue weighted by atomic mass is 9.99. The Balaban J connectivity index is 4.33. The molecular formula is C51H98O6. The molecule has 57 heavy (non-hydrogen) atoms. The summed E-state index contributed by atoms with van der Waals surface area (Å²) in [5.41, 5.74) is 0. The van der Waals surface area contributed by atoms with Gasteiger partial charge >= 0.3 is 17.9 Å². The Hall–Kier alpha value is -1.59. The predicted octanol–water partition coefficient (Wildman–Crippen LogP) is 16.0. The van der Waals surface area contributed by atoms with Gasteiger partial charge in [0.15, 0.2) is 6.10 Å². The lowest BCUT2D eigenvalue weighted by molar-refractivity contribution is -0.167. The highest BCUT2D eigenvalue weighted by molar-refractivity contribution is 5.71. The largest absolute Gasteiger partial charge is 0.462 e. The first-order valence-electron chi connectivity index (χ1n) is 25.1. The van der Waals surface area contributed by atoms with Gasteiger partial charge in [-0.15, -0.1) is 0 Å². The molecule has 0 aliphatic rings. The molecule has 6 nitrogen and oxygen atoms in total. The van der Waals surface area contributed by atoms with Crippen LogP contribution in [-0.2, 0) is 28.6 Å². The maximum Gasteiger partial charge on any atom is 0.306 e. The number of ether oxygens (including phenoxy) is 3. The lowest BCUT2D eigenvalue weighted by Crippen LogP contribution is -2.30. The van der Waals surface area contributed by atoms with E-state index in [1.54, 1.807) is 0 Å². The number of unbranched alkanes of at least 4 members (excludes halogenated alkanes) is 26. The molecule has 338 valence electrons. The van der Waals surface area contributed by atoms with Gasteiger partial charge in [-0.1, -0.05) is 234 Å². The highest BCUT2D eigenvalue weighted by Gasteiger charge is 2.19. The molecule has 0 aliphatic carbocycles. The Morgan fingerprint density at radius 2 is 0.614 bits per heavy atom. The van der Waals surface area contributed by atoms with E-state index in [4.69, 9.17) is 14.2 Å². The summed E-state index contributed by atoms with van der Waals surface area (Å²) in [6.07, 6.45) is 40.8. The summed E-state index contributed by atoms with van der Waals surface area (Å²) in [5.74, 6) is 1.63. The van der Waals surface area contributed by atoms with Gasteiger partial charge in [0, 0.05) is 19.3 Å². The highest BCUT2D eigenvalue weighted by atomic mass is 16.6. The minimum absolute atomic E-state index is 0.0654. The lowest BCUT2D eigenvalue weighted by Gasteiger charge is -2.18. The fourth-order valence-corrected chi connectivity index (χ4v) is 7.55. The molecular weight excluding hydrogens is 709 g/mol. The second-order valence-electron chi connectivity index (χ2n) is 18.6. The number of hydrogen-bond donors (Lipinski definition) is 0. The summed E-state index contributed by atoms with van der Waals surface area (Å²) in [6, 6.07) is 0. The third kappa shape index (κ3) is 43.8. The average Bonchev–Trinajstić information content (AvgIpc) is 3.18. The van der Waals surface area contributed by atoms with Crippen LogP contribution in [0.4, 0.5) is 0 Å². The summed E-state index contributed by atoms with van der Waals surface area (Å²) >= 11 is 0. The molecule has 0 fully saturated rings. The standard InChI is InChI=1S/C51H98O6/c1-7-47(6)39-33-27-21-17-18-23-29-35-41-50(53)56-44-48(57-51(54)42-36-30-24-16-12-14-20-26-32-38-46(4)5)43-55-49(52)40-34-28-22-15-11-9-8-10-13-19-25-31-37-45(2)3/h45-48H,7-44H2,1-6H3/t47?,48-/m1/s1. The van der Waals surface area contributed by atoms with Gasteiger partial charge in [0.25, 0.3) is 0 Å². The molecule has 0 N–H and O–H groups in total. The number of hydrogen-bond acceptors (Lipinski definition) is 6. The van der Waals surface area contributed by atoms with Crippen LogP contribution >= 0.6 is 0 Å². The van der Waals surface area contributed by atoms with Crippen molar-refractivity contribution in [3.05, 3.63) is 0 Å². The minimum atomic E-state index is -0.763. The van der Waals surface area contributed by atoms with Gasteiger partial charge in [-0.3, -0.25) is 14.4 Å². The molecule has 0 bridgehead atoms. The first-order valence-corrected chi connectivity index (χ1v) is 25.1. The van der Waals surface area contributed by atoms with Gasteiger partial charge in [0.05, 0.1) is 0 Å². The second-order valence-corrected chi connectivity index (χ2v) is 18.6. The molecule has 0 radical (unpaired) electrons. The summed E-state index contributed by atoms with van der Waals surface area (Å²) < 4.78 is 16.8. The van der Waals surface area contributed by atoms with Crippen molar-refractivity contribution in [3.8, 4) is 0 Å². The second kappa shape index (κ2) is 42.5. The van der Waals surface area contributed by atoms with Gasteiger partial charge in [-0.2, -0.15) is 0 Å². The topological polar surface area (TPSA) is 78.9 Å². The van der Waals surface area contributed by atoms with E-state index in [9.17, 15) is 14.4 Å². The molecule has 0 amide bonds.